The number of halogens is 3. The molecule has 5 heteroatoms. The molecule has 0 atom stereocenters. The highest BCUT2D eigenvalue weighted by molar-refractivity contribution is 9.10. The average molecular weight is 283 g/mol. The highest BCUT2D eigenvalue weighted by atomic mass is 79.9. The molecule has 1 aromatic rings. The van der Waals surface area contributed by atoms with E-state index in [2.05, 4.69) is 15.9 Å². The first-order valence-electron chi connectivity index (χ1n) is 3.40. The van der Waals surface area contributed by atoms with Gasteiger partial charge in [-0.05, 0) is 28.1 Å². The Bertz CT molecular complexity index is 354. The Morgan fingerprint density at radius 2 is 2.15 bits per heavy atom. The predicted molar refractivity (Wildman–Crippen MR) is 58.6 cm³/mol. The highest BCUT2D eigenvalue weighted by Gasteiger charge is 2.14. The standard InChI is InChI=1S/C8H6BrCl2NO/c9-4-1-2-5(11)7(8(4)12)6(13)3-10/h1-2H,3,12H2. The van der Waals surface area contributed by atoms with Crippen LogP contribution in [0.25, 0.3) is 0 Å². The van der Waals surface area contributed by atoms with E-state index in [1.807, 2.05) is 0 Å². The summed E-state index contributed by atoms with van der Waals surface area (Å²) in [7, 11) is 0. The monoisotopic (exact) mass is 281 g/mol. The molecule has 0 spiro atoms. The van der Waals surface area contributed by atoms with Crippen LogP contribution in [-0.4, -0.2) is 11.7 Å². The maximum absolute atomic E-state index is 11.3. The summed E-state index contributed by atoms with van der Waals surface area (Å²) in [6.45, 7) is 0. The summed E-state index contributed by atoms with van der Waals surface area (Å²) in [5.74, 6) is -0.397. The molecule has 1 aromatic carbocycles. The lowest BCUT2D eigenvalue weighted by Crippen LogP contribution is -2.06. The topological polar surface area (TPSA) is 43.1 Å². The highest BCUT2D eigenvalue weighted by Crippen LogP contribution is 2.29. The summed E-state index contributed by atoms with van der Waals surface area (Å²) in [6, 6.07) is 3.28. The molecule has 0 bridgehead atoms. The molecule has 0 saturated carbocycles. The molecule has 0 aliphatic carbocycles. The summed E-state index contributed by atoms with van der Waals surface area (Å²) in [6.07, 6.45) is 0. The quantitative estimate of drug-likeness (QED) is 0.515. The van der Waals surface area contributed by atoms with Gasteiger partial charge < -0.3 is 5.73 Å². The van der Waals surface area contributed by atoms with E-state index in [9.17, 15) is 4.79 Å². The van der Waals surface area contributed by atoms with Gasteiger partial charge in [0.05, 0.1) is 22.2 Å². The van der Waals surface area contributed by atoms with Crippen molar-refractivity contribution in [3.63, 3.8) is 0 Å². The Balaban J connectivity index is 3.33. The van der Waals surface area contributed by atoms with Crippen molar-refractivity contribution in [3.05, 3.63) is 27.2 Å². The Morgan fingerprint density at radius 3 is 2.69 bits per heavy atom. The Labute approximate surface area is 94.1 Å². The molecule has 0 unspecified atom stereocenters. The van der Waals surface area contributed by atoms with Crippen molar-refractivity contribution >= 4 is 50.6 Å². The fourth-order valence-electron chi connectivity index (χ4n) is 0.918. The molecule has 0 saturated heterocycles. The van der Waals surface area contributed by atoms with Gasteiger partial charge in [0.25, 0.3) is 0 Å². The van der Waals surface area contributed by atoms with E-state index in [4.69, 9.17) is 28.9 Å². The number of nitrogens with two attached hydrogens (primary N) is 1. The Kier molecular flexibility index (Phi) is 3.59. The second-order valence-corrected chi connectivity index (χ2v) is 3.90. The largest absolute Gasteiger partial charge is 0.397 e. The number of anilines is 1. The zero-order valence-electron chi connectivity index (χ0n) is 6.48. The summed E-state index contributed by atoms with van der Waals surface area (Å²) < 4.78 is 0.644. The van der Waals surface area contributed by atoms with Crippen molar-refractivity contribution in [2.45, 2.75) is 0 Å². The minimum absolute atomic E-state index is 0.125. The second kappa shape index (κ2) is 4.31. The van der Waals surface area contributed by atoms with Crippen LogP contribution in [0.3, 0.4) is 0 Å². The summed E-state index contributed by atoms with van der Waals surface area (Å²) in [5, 5.41) is 0.325. The first-order chi connectivity index (χ1) is 6.07. The molecular weight excluding hydrogens is 277 g/mol. The molecule has 2 N–H and O–H groups in total. The third-order valence-corrected chi connectivity index (χ3v) is 2.79. The molecule has 0 radical (unpaired) electrons. The van der Waals surface area contributed by atoms with Gasteiger partial charge in [-0.2, -0.15) is 0 Å². The third kappa shape index (κ3) is 2.16. The van der Waals surface area contributed by atoms with Gasteiger partial charge in [0.15, 0.2) is 5.78 Å². The van der Waals surface area contributed by atoms with Gasteiger partial charge in [0, 0.05) is 4.47 Å². The van der Waals surface area contributed by atoms with Crippen LogP contribution < -0.4 is 5.73 Å². The number of nitrogen functional groups attached to an aromatic ring is 1. The molecule has 0 aromatic heterocycles. The van der Waals surface area contributed by atoms with Crippen molar-refractivity contribution < 1.29 is 4.79 Å². The van der Waals surface area contributed by atoms with Crippen LogP contribution in [0.15, 0.2) is 16.6 Å². The van der Waals surface area contributed by atoms with E-state index in [1.54, 1.807) is 12.1 Å². The van der Waals surface area contributed by atoms with Crippen molar-refractivity contribution in [1.82, 2.24) is 0 Å². The number of Topliss-reactive ketones (excluding diaryl/α,β-unsaturated/α-hetero) is 1. The van der Waals surface area contributed by atoms with Crippen molar-refractivity contribution in [1.29, 1.82) is 0 Å². The SMILES string of the molecule is Nc1c(Br)ccc(Cl)c1C(=O)CCl. The van der Waals surface area contributed by atoms with Crippen LogP contribution in [0, 0.1) is 0 Å². The van der Waals surface area contributed by atoms with Crippen molar-refractivity contribution in [3.8, 4) is 0 Å². The second-order valence-electron chi connectivity index (χ2n) is 2.37. The van der Waals surface area contributed by atoms with Crippen molar-refractivity contribution in [2.75, 3.05) is 11.6 Å². The van der Waals surface area contributed by atoms with Gasteiger partial charge >= 0.3 is 0 Å². The average Bonchev–Trinajstić information content (AvgIpc) is 2.12. The van der Waals surface area contributed by atoms with Crippen LogP contribution in [0.2, 0.25) is 5.02 Å². The van der Waals surface area contributed by atoms with Crippen LogP contribution in [-0.2, 0) is 0 Å². The van der Waals surface area contributed by atoms with E-state index in [-0.39, 0.29) is 17.2 Å². The number of alkyl halides is 1. The lowest BCUT2D eigenvalue weighted by molar-refractivity contribution is 0.102. The lowest BCUT2D eigenvalue weighted by Gasteiger charge is -2.06. The van der Waals surface area contributed by atoms with Gasteiger partial charge in [-0.15, -0.1) is 11.6 Å². The maximum Gasteiger partial charge on any atom is 0.181 e. The van der Waals surface area contributed by atoms with Crippen LogP contribution >= 0.6 is 39.1 Å². The number of hydrogen-bond donors (Lipinski definition) is 1. The molecule has 0 heterocycles. The number of hydrogen-bond acceptors (Lipinski definition) is 2. The first kappa shape index (κ1) is 10.8. The van der Waals surface area contributed by atoms with Gasteiger partial charge in [0.1, 0.15) is 0 Å². The van der Waals surface area contributed by atoms with Crippen LogP contribution in [0.4, 0.5) is 5.69 Å². The number of benzene rings is 1. The molecule has 0 aliphatic rings. The van der Waals surface area contributed by atoms with Crippen molar-refractivity contribution in [2.24, 2.45) is 0 Å². The van der Waals surface area contributed by atoms with E-state index < -0.39 is 0 Å². The van der Waals surface area contributed by atoms with Gasteiger partial charge in [-0.3, -0.25) is 4.79 Å². The molecule has 0 amide bonds. The number of ketones is 1. The molecule has 13 heavy (non-hydrogen) atoms. The summed E-state index contributed by atoms with van der Waals surface area (Å²) >= 11 is 14.4. The normalized spacial score (nSPS) is 10.1. The van der Waals surface area contributed by atoms with Gasteiger partial charge in [-0.1, -0.05) is 11.6 Å². The van der Waals surface area contributed by atoms with E-state index in [0.29, 0.717) is 15.2 Å². The molecular formula is C8H6BrCl2NO. The Hall–Kier alpha value is -0.250. The minimum atomic E-state index is -0.273. The zero-order valence-corrected chi connectivity index (χ0v) is 9.58. The Morgan fingerprint density at radius 1 is 1.54 bits per heavy atom. The van der Waals surface area contributed by atoms with Gasteiger partial charge in [-0.25, -0.2) is 0 Å². The predicted octanol–water partition coefficient (Wildman–Crippen LogP) is 3.11. The van der Waals surface area contributed by atoms with E-state index >= 15 is 0 Å². The third-order valence-electron chi connectivity index (χ3n) is 1.54. The number of carbonyl (C=O) groups excluding carboxylic acids is 1. The number of carbonyl (C=O) groups is 1. The minimum Gasteiger partial charge on any atom is -0.397 e. The fraction of sp³-hybridized carbons (Fsp3) is 0.125. The lowest BCUT2D eigenvalue weighted by atomic mass is 10.1. The molecule has 0 aliphatic heterocycles. The van der Waals surface area contributed by atoms with E-state index in [1.165, 1.54) is 0 Å². The molecule has 2 nitrogen and oxygen atoms in total. The maximum atomic E-state index is 11.3. The summed E-state index contributed by atoms with van der Waals surface area (Å²) in [5.41, 5.74) is 6.26. The fourth-order valence-corrected chi connectivity index (χ4v) is 1.65. The first-order valence-corrected chi connectivity index (χ1v) is 5.11. The molecule has 0 fully saturated rings. The molecule has 1 rings (SSSR count). The number of rotatable bonds is 2. The van der Waals surface area contributed by atoms with Crippen LogP contribution in [0.1, 0.15) is 10.4 Å². The smallest absolute Gasteiger partial charge is 0.181 e. The van der Waals surface area contributed by atoms with E-state index in [0.717, 1.165) is 0 Å². The zero-order chi connectivity index (χ0) is 10.0. The summed E-state index contributed by atoms with van der Waals surface area (Å²) in [4.78, 5) is 11.3. The molecule has 70 valence electrons. The van der Waals surface area contributed by atoms with Gasteiger partial charge in [0.2, 0.25) is 0 Å². The van der Waals surface area contributed by atoms with Crippen LogP contribution in [0.5, 0.6) is 0 Å².